The summed E-state index contributed by atoms with van der Waals surface area (Å²) in [5.74, 6) is 0. The smallest absolute Gasteiger partial charge is 0.195 e. The quantitative estimate of drug-likeness (QED) is 0.794. The Balaban J connectivity index is 2.39. The topological polar surface area (TPSA) is 30.7 Å². The van der Waals surface area contributed by atoms with Crippen molar-refractivity contribution in [1.82, 2.24) is 14.8 Å². The highest BCUT2D eigenvalue weighted by atomic mass is 35.5. The number of benzene rings is 1. The summed E-state index contributed by atoms with van der Waals surface area (Å²) < 4.78 is 1.95. The lowest BCUT2D eigenvalue weighted by Crippen LogP contribution is -1.98. The van der Waals surface area contributed by atoms with E-state index in [2.05, 4.69) is 24.0 Å². The standard InChI is InChI=1S/C12H14ClN3S/c1-8(2)17-12-15-14-7-16(12)10-5-4-9(3)11(13)6-10/h4-8H,1-3H3. The number of thioether (sulfide) groups is 1. The van der Waals surface area contributed by atoms with E-state index in [9.17, 15) is 0 Å². The Morgan fingerprint density at radius 3 is 2.76 bits per heavy atom. The Labute approximate surface area is 110 Å². The van der Waals surface area contributed by atoms with Gasteiger partial charge in [0.05, 0.1) is 5.69 Å². The molecule has 1 aromatic carbocycles. The number of rotatable bonds is 3. The van der Waals surface area contributed by atoms with Gasteiger partial charge in [0.15, 0.2) is 5.16 Å². The molecule has 90 valence electrons. The van der Waals surface area contributed by atoms with Crippen LogP contribution in [0.4, 0.5) is 0 Å². The first-order valence-electron chi connectivity index (χ1n) is 5.41. The molecule has 0 saturated carbocycles. The number of aromatic nitrogens is 3. The average Bonchev–Trinajstić information content (AvgIpc) is 2.69. The van der Waals surface area contributed by atoms with Crippen LogP contribution in [0.5, 0.6) is 0 Å². The number of halogens is 1. The molecule has 0 atom stereocenters. The van der Waals surface area contributed by atoms with Gasteiger partial charge in [0, 0.05) is 10.3 Å². The van der Waals surface area contributed by atoms with E-state index >= 15 is 0 Å². The van der Waals surface area contributed by atoms with Crippen LogP contribution in [0.3, 0.4) is 0 Å². The van der Waals surface area contributed by atoms with Crippen molar-refractivity contribution in [3.05, 3.63) is 35.1 Å². The van der Waals surface area contributed by atoms with Gasteiger partial charge >= 0.3 is 0 Å². The van der Waals surface area contributed by atoms with Crippen LogP contribution in [0.2, 0.25) is 5.02 Å². The monoisotopic (exact) mass is 267 g/mol. The maximum Gasteiger partial charge on any atom is 0.195 e. The molecule has 0 fully saturated rings. The van der Waals surface area contributed by atoms with Gasteiger partial charge in [-0.3, -0.25) is 4.57 Å². The lowest BCUT2D eigenvalue weighted by molar-refractivity contribution is 0.877. The van der Waals surface area contributed by atoms with E-state index in [1.807, 2.05) is 29.7 Å². The second kappa shape index (κ2) is 5.10. The van der Waals surface area contributed by atoms with Crippen LogP contribution in [-0.4, -0.2) is 20.0 Å². The molecule has 0 spiro atoms. The van der Waals surface area contributed by atoms with Gasteiger partial charge in [0.2, 0.25) is 0 Å². The first-order valence-corrected chi connectivity index (χ1v) is 6.67. The van der Waals surface area contributed by atoms with Crippen LogP contribution < -0.4 is 0 Å². The molecule has 2 aromatic rings. The zero-order valence-corrected chi connectivity index (χ0v) is 11.6. The number of aryl methyl sites for hydroxylation is 1. The van der Waals surface area contributed by atoms with Crippen LogP contribution in [-0.2, 0) is 0 Å². The molecular formula is C12H14ClN3S. The molecule has 0 aliphatic heterocycles. The molecule has 17 heavy (non-hydrogen) atoms. The largest absolute Gasteiger partial charge is 0.277 e. The molecule has 0 radical (unpaired) electrons. The maximum atomic E-state index is 6.13. The Bertz CT molecular complexity index is 522. The number of hydrogen-bond donors (Lipinski definition) is 0. The first kappa shape index (κ1) is 12.5. The van der Waals surface area contributed by atoms with E-state index in [1.165, 1.54) is 0 Å². The highest BCUT2D eigenvalue weighted by molar-refractivity contribution is 7.99. The van der Waals surface area contributed by atoms with Gasteiger partial charge in [-0.15, -0.1) is 10.2 Å². The Morgan fingerprint density at radius 1 is 1.35 bits per heavy atom. The summed E-state index contributed by atoms with van der Waals surface area (Å²) in [5.41, 5.74) is 2.07. The minimum atomic E-state index is 0.471. The summed E-state index contributed by atoms with van der Waals surface area (Å²) in [6.07, 6.45) is 1.71. The second-order valence-electron chi connectivity index (χ2n) is 4.08. The summed E-state index contributed by atoms with van der Waals surface area (Å²) in [5, 5.41) is 10.2. The molecule has 0 bridgehead atoms. The predicted molar refractivity (Wildman–Crippen MR) is 72.1 cm³/mol. The fraction of sp³-hybridized carbons (Fsp3) is 0.333. The molecule has 1 heterocycles. The number of hydrogen-bond acceptors (Lipinski definition) is 3. The summed E-state index contributed by atoms with van der Waals surface area (Å²) in [7, 11) is 0. The third-order valence-corrected chi connectivity index (χ3v) is 3.66. The molecule has 0 saturated heterocycles. The van der Waals surface area contributed by atoms with Crippen molar-refractivity contribution < 1.29 is 0 Å². The zero-order valence-electron chi connectivity index (χ0n) is 10.0. The zero-order chi connectivity index (χ0) is 12.4. The van der Waals surface area contributed by atoms with Gasteiger partial charge in [-0.2, -0.15) is 0 Å². The average molecular weight is 268 g/mol. The van der Waals surface area contributed by atoms with Gasteiger partial charge in [-0.1, -0.05) is 43.3 Å². The van der Waals surface area contributed by atoms with Crippen LogP contribution in [0.15, 0.2) is 29.7 Å². The molecule has 0 unspecified atom stereocenters. The van der Waals surface area contributed by atoms with E-state index in [4.69, 9.17) is 11.6 Å². The third kappa shape index (κ3) is 2.82. The molecule has 1 aromatic heterocycles. The van der Waals surface area contributed by atoms with Gasteiger partial charge in [0.1, 0.15) is 6.33 Å². The number of nitrogens with zero attached hydrogens (tertiary/aromatic N) is 3. The van der Waals surface area contributed by atoms with Crippen molar-refractivity contribution in [3.63, 3.8) is 0 Å². The van der Waals surface area contributed by atoms with E-state index in [0.717, 1.165) is 21.4 Å². The first-order chi connectivity index (χ1) is 8.08. The highest BCUT2D eigenvalue weighted by Crippen LogP contribution is 2.25. The van der Waals surface area contributed by atoms with Crippen LogP contribution in [0.1, 0.15) is 19.4 Å². The molecule has 0 aliphatic rings. The van der Waals surface area contributed by atoms with E-state index in [1.54, 1.807) is 18.1 Å². The summed E-state index contributed by atoms with van der Waals surface area (Å²) in [6, 6.07) is 5.96. The fourth-order valence-electron chi connectivity index (χ4n) is 1.42. The van der Waals surface area contributed by atoms with Gasteiger partial charge in [-0.25, -0.2) is 0 Å². The van der Waals surface area contributed by atoms with E-state index < -0.39 is 0 Å². The predicted octanol–water partition coefficient (Wildman–Crippen LogP) is 3.73. The lowest BCUT2D eigenvalue weighted by Gasteiger charge is -2.09. The van der Waals surface area contributed by atoms with Crippen molar-refractivity contribution in [1.29, 1.82) is 0 Å². The molecule has 5 heteroatoms. The van der Waals surface area contributed by atoms with Gasteiger partial charge in [-0.05, 0) is 24.6 Å². The SMILES string of the molecule is Cc1ccc(-n2cnnc2SC(C)C)cc1Cl. The summed E-state index contributed by atoms with van der Waals surface area (Å²) in [4.78, 5) is 0. The molecule has 2 rings (SSSR count). The lowest BCUT2D eigenvalue weighted by atomic mass is 10.2. The normalized spacial score (nSPS) is 11.1. The Morgan fingerprint density at radius 2 is 2.12 bits per heavy atom. The molecule has 3 nitrogen and oxygen atoms in total. The van der Waals surface area contributed by atoms with Crippen molar-refractivity contribution >= 4 is 23.4 Å². The van der Waals surface area contributed by atoms with Crippen molar-refractivity contribution in [3.8, 4) is 5.69 Å². The minimum Gasteiger partial charge on any atom is -0.277 e. The van der Waals surface area contributed by atoms with Crippen LogP contribution in [0.25, 0.3) is 5.69 Å². The van der Waals surface area contributed by atoms with E-state index in [0.29, 0.717) is 5.25 Å². The van der Waals surface area contributed by atoms with Gasteiger partial charge < -0.3 is 0 Å². The molecule has 0 amide bonds. The Hall–Kier alpha value is -1.000. The molecule has 0 aliphatic carbocycles. The Kier molecular flexibility index (Phi) is 3.74. The van der Waals surface area contributed by atoms with Gasteiger partial charge in [0.25, 0.3) is 0 Å². The molecule has 0 N–H and O–H groups in total. The summed E-state index contributed by atoms with van der Waals surface area (Å²) in [6.45, 7) is 6.25. The van der Waals surface area contributed by atoms with Crippen molar-refractivity contribution in [2.45, 2.75) is 31.2 Å². The fourth-order valence-corrected chi connectivity index (χ4v) is 2.38. The second-order valence-corrected chi connectivity index (χ2v) is 6.03. The molecular weight excluding hydrogens is 254 g/mol. The highest BCUT2D eigenvalue weighted by Gasteiger charge is 2.09. The third-order valence-electron chi connectivity index (χ3n) is 2.29. The van der Waals surface area contributed by atoms with Crippen LogP contribution in [0, 0.1) is 6.92 Å². The van der Waals surface area contributed by atoms with Crippen molar-refractivity contribution in [2.24, 2.45) is 0 Å². The van der Waals surface area contributed by atoms with Crippen LogP contribution >= 0.6 is 23.4 Å². The minimum absolute atomic E-state index is 0.471. The van der Waals surface area contributed by atoms with E-state index in [-0.39, 0.29) is 0 Å². The van der Waals surface area contributed by atoms with Crippen molar-refractivity contribution in [2.75, 3.05) is 0 Å². The maximum absolute atomic E-state index is 6.13. The summed E-state index contributed by atoms with van der Waals surface area (Å²) >= 11 is 7.81.